The second-order valence-corrected chi connectivity index (χ2v) is 3.92. The van der Waals surface area contributed by atoms with Crippen LogP contribution in [0.15, 0.2) is 24.3 Å². The van der Waals surface area contributed by atoms with Crippen LogP contribution in [-0.2, 0) is 6.42 Å². The van der Waals surface area contributed by atoms with Crippen molar-refractivity contribution in [1.29, 1.82) is 0 Å². The summed E-state index contributed by atoms with van der Waals surface area (Å²) < 4.78 is 5.27. The van der Waals surface area contributed by atoms with Gasteiger partial charge >= 0.3 is 0 Å². The van der Waals surface area contributed by atoms with Crippen LogP contribution in [0.1, 0.15) is 19.4 Å². The lowest BCUT2D eigenvalue weighted by Gasteiger charge is -2.17. The van der Waals surface area contributed by atoms with Gasteiger partial charge in [-0.15, -0.1) is 0 Å². The van der Waals surface area contributed by atoms with Crippen LogP contribution in [0.3, 0.4) is 0 Å². The number of methoxy groups -OCH3 is 1. The zero-order valence-electron chi connectivity index (χ0n) is 9.16. The van der Waals surface area contributed by atoms with Crippen LogP contribution in [0.25, 0.3) is 0 Å². The molecule has 0 spiro atoms. The maximum absolute atomic E-state index is 6.02. The van der Waals surface area contributed by atoms with Crippen LogP contribution in [0.4, 0.5) is 0 Å². The van der Waals surface area contributed by atoms with Crippen LogP contribution in [0, 0.1) is 5.92 Å². The molecule has 0 aromatic heterocycles. The highest BCUT2D eigenvalue weighted by Crippen LogP contribution is 2.19. The molecular weight excluding hydrogens is 174 g/mol. The zero-order chi connectivity index (χ0) is 10.6. The Labute approximate surface area is 86.1 Å². The number of hydrogen-bond acceptors (Lipinski definition) is 2. The molecule has 0 aliphatic carbocycles. The van der Waals surface area contributed by atoms with Crippen molar-refractivity contribution < 1.29 is 4.74 Å². The summed E-state index contributed by atoms with van der Waals surface area (Å²) in [5.41, 5.74) is 7.21. The van der Waals surface area contributed by atoms with Gasteiger partial charge in [0.05, 0.1) is 7.11 Å². The van der Waals surface area contributed by atoms with Crippen molar-refractivity contribution in [2.75, 3.05) is 7.11 Å². The standard InChI is InChI=1S/C12H19NO/c1-9(2)11(13)8-10-6-4-5-7-12(10)14-3/h4-7,9,11H,8,13H2,1-3H3. The summed E-state index contributed by atoms with van der Waals surface area (Å²) in [5, 5.41) is 0. The lowest BCUT2D eigenvalue weighted by molar-refractivity contribution is 0.403. The highest BCUT2D eigenvalue weighted by Gasteiger charge is 2.10. The number of rotatable bonds is 4. The number of hydrogen-bond donors (Lipinski definition) is 1. The van der Waals surface area contributed by atoms with E-state index in [1.807, 2.05) is 18.2 Å². The van der Waals surface area contributed by atoms with E-state index in [0.717, 1.165) is 12.2 Å². The lowest BCUT2D eigenvalue weighted by Crippen LogP contribution is -2.28. The molecular formula is C12H19NO. The SMILES string of the molecule is COc1ccccc1CC(N)C(C)C. The summed E-state index contributed by atoms with van der Waals surface area (Å²) in [6.07, 6.45) is 0.877. The first-order valence-corrected chi connectivity index (χ1v) is 5.02. The van der Waals surface area contributed by atoms with Crippen molar-refractivity contribution >= 4 is 0 Å². The van der Waals surface area contributed by atoms with E-state index >= 15 is 0 Å². The molecule has 0 saturated heterocycles. The maximum atomic E-state index is 6.02. The first kappa shape index (κ1) is 11.1. The Balaban J connectivity index is 2.75. The van der Waals surface area contributed by atoms with E-state index in [-0.39, 0.29) is 6.04 Å². The van der Waals surface area contributed by atoms with E-state index in [1.165, 1.54) is 5.56 Å². The molecule has 0 bridgehead atoms. The van der Waals surface area contributed by atoms with Crippen molar-refractivity contribution in [1.82, 2.24) is 0 Å². The molecule has 1 rings (SSSR count). The van der Waals surface area contributed by atoms with Crippen LogP contribution in [0.2, 0.25) is 0 Å². The quantitative estimate of drug-likeness (QED) is 0.795. The van der Waals surface area contributed by atoms with Gasteiger partial charge < -0.3 is 10.5 Å². The average Bonchev–Trinajstić information content (AvgIpc) is 2.18. The van der Waals surface area contributed by atoms with Gasteiger partial charge in [-0.2, -0.15) is 0 Å². The third-order valence-corrected chi connectivity index (χ3v) is 2.50. The van der Waals surface area contributed by atoms with Crippen LogP contribution in [-0.4, -0.2) is 13.2 Å². The van der Waals surface area contributed by atoms with Gasteiger partial charge in [-0.1, -0.05) is 32.0 Å². The van der Waals surface area contributed by atoms with Gasteiger partial charge in [0.2, 0.25) is 0 Å². The first-order chi connectivity index (χ1) is 6.65. The van der Waals surface area contributed by atoms with E-state index in [1.54, 1.807) is 7.11 Å². The van der Waals surface area contributed by atoms with Gasteiger partial charge in [0, 0.05) is 6.04 Å². The topological polar surface area (TPSA) is 35.2 Å². The van der Waals surface area contributed by atoms with Gasteiger partial charge in [0.25, 0.3) is 0 Å². The van der Waals surface area contributed by atoms with Crippen molar-refractivity contribution in [3.05, 3.63) is 29.8 Å². The highest BCUT2D eigenvalue weighted by atomic mass is 16.5. The fourth-order valence-electron chi connectivity index (χ4n) is 1.36. The summed E-state index contributed by atoms with van der Waals surface area (Å²) in [4.78, 5) is 0. The van der Waals surface area contributed by atoms with Gasteiger partial charge in [-0.25, -0.2) is 0 Å². The number of nitrogens with two attached hydrogens (primary N) is 1. The summed E-state index contributed by atoms with van der Waals surface area (Å²) >= 11 is 0. The maximum Gasteiger partial charge on any atom is 0.122 e. The molecule has 0 aliphatic heterocycles. The molecule has 0 fully saturated rings. The van der Waals surface area contributed by atoms with Gasteiger partial charge in [0.15, 0.2) is 0 Å². The lowest BCUT2D eigenvalue weighted by atomic mass is 9.97. The fraction of sp³-hybridized carbons (Fsp3) is 0.500. The minimum Gasteiger partial charge on any atom is -0.496 e. The van der Waals surface area contributed by atoms with Crippen molar-refractivity contribution in [2.24, 2.45) is 11.7 Å². The second kappa shape index (κ2) is 5.01. The summed E-state index contributed by atoms with van der Waals surface area (Å²) in [6.45, 7) is 4.28. The van der Waals surface area contributed by atoms with E-state index in [9.17, 15) is 0 Å². The normalized spacial score (nSPS) is 12.9. The van der Waals surface area contributed by atoms with Gasteiger partial charge in [0.1, 0.15) is 5.75 Å². The van der Waals surface area contributed by atoms with E-state index < -0.39 is 0 Å². The third-order valence-electron chi connectivity index (χ3n) is 2.50. The summed E-state index contributed by atoms with van der Waals surface area (Å²) in [6, 6.07) is 8.24. The van der Waals surface area contributed by atoms with Crippen LogP contribution < -0.4 is 10.5 Å². The molecule has 14 heavy (non-hydrogen) atoms. The Kier molecular flexibility index (Phi) is 3.96. The molecule has 0 saturated carbocycles. The predicted molar refractivity (Wildman–Crippen MR) is 59.5 cm³/mol. The number of para-hydroxylation sites is 1. The fourth-order valence-corrected chi connectivity index (χ4v) is 1.36. The second-order valence-electron chi connectivity index (χ2n) is 3.92. The molecule has 0 aliphatic rings. The molecule has 0 heterocycles. The highest BCUT2D eigenvalue weighted by molar-refractivity contribution is 5.33. The molecule has 1 unspecified atom stereocenters. The Morgan fingerprint density at radius 2 is 1.93 bits per heavy atom. The third kappa shape index (κ3) is 2.74. The molecule has 1 atom stereocenters. The minimum absolute atomic E-state index is 0.200. The minimum atomic E-state index is 0.200. The van der Waals surface area contributed by atoms with Crippen LogP contribution >= 0.6 is 0 Å². The molecule has 0 amide bonds. The van der Waals surface area contributed by atoms with E-state index in [2.05, 4.69) is 19.9 Å². The monoisotopic (exact) mass is 193 g/mol. The van der Waals surface area contributed by atoms with Crippen molar-refractivity contribution in [3.8, 4) is 5.75 Å². The van der Waals surface area contributed by atoms with Crippen molar-refractivity contribution in [3.63, 3.8) is 0 Å². The van der Waals surface area contributed by atoms with E-state index in [4.69, 9.17) is 10.5 Å². The molecule has 2 heteroatoms. The molecule has 1 aromatic rings. The molecule has 0 radical (unpaired) electrons. The predicted octanol–water partition coefficient (Wildman–Crippen LogP) is 2.22. The zero-order valence-corrected chi connectivity index (χ0v) is 9.16. The van der Waals surface area contributed by atoms with Gasteiger partial charge in [-0.05, 0) is 24.0 Å². The number of ether oxygens (including phenoxy) is 1. The largest absolute Gasteiger partial charge is 0.496 e. The van der Waals surface area contributed by atoms with E-state index in [0.29, 0.717) is 5.92 Å². The molecule has 2 N–H and O–H groups in total. The number of benzene rings is 1. The first-order valence-electron chi connectivity index (χ1n) is 5.02. The average molecular weight is 193 g/mol. The molecule has 2 nitrogen and oxygen atoms in total. The Hall–Kier alpha value is -1.02. The smallest absolute Gasteiger partial charge is 0.122 e. The van der Waals surface area contributed by atoms with Gasteiger partial charge in [-0.3, -0.25) is 0 Å². The Bertz CT molecular complexity index is 283. The molecule has 78 valence electrons. The Morgan fingerprint density at radius 1 is 1.29 bits per heavy atom. The Morgan fingerprint density at radius 3 is 2.50 bits per heavy atom. The molecule has 1 aromatic carbocycles. The summed E-state index contributed by atoms with van der Waals surface area (Å²) in [7, 11) is 1.69. The van der Waals surface area contributed by atoms with Crippen LogP contribution in [0.5, 0.6) is 5.75 Å². The van der Waals surface area contributed by atoms with Crippen molar-refractivity contribution in [2.45, 2.75) is 26.3 Å². The summed E-state index contributed by atoms with van der Waals surface area (Å²) in [5.74, 6) is 1.43.